The molecule has 2 aromatic carbocycles. The first kappa shape index (κ1) is 18.9. The highest BCUT2D eigenvalue weighted by Gasteiger charge is 2.12. The van der Waals surface area contributed by atoms with Crippen LogP contribution in [0.15, 0.2) is 64.0 Å². The van der Waals surface area contributed by atoms with Crippen molar-refractivity contribution in [2.24, 2.45) is 4.99 Å². The van der Waals surface area contributed by atoms with Crippen molar-refractivity contribution in [3.05, 3.63) is 59.9 Å². The number of nitrogens with one attached hydrogen (secondary N) is 1. The van der Waals surface area contributed by atoms with Gasteiger partial charge in [0.2, 0.25) is 5.97 Å². The van der Waals surface area contributed by atoms with Gasteiger partial charge >= 0.3 is 0 Å². The smallest absolute Gasteiger partial charge is 0.251 e. The summed E-state index contributed by atoms with van der Waals surface area (Å²) >= 11 is 1.58. The number of carbonyl (C=O) groups is 1. The Hall–Kier alpha value is -2.47. The second-order valence-corrected chi connectivity index (χ2v) is 6.07. The molecule has 1 amide bonds. The van der Waals surface area contributed by atoms with Crippen LogP contribution in [0.5, 0.6) is 0 Å². The maximum Gasteiger partial charge on any atom is 0.251 e. The first-order valence-corrected chi connectivity index (χ1v) is 8.73. The Balaban J connectivity index is 2.26. The minimum Gasteiger partial charge on any atom is -0.320 e. The molecule has 0 saturated carbocycles. The number of hydrogen-bond donors (Lipinski definition) is 1. The highest BCUT2D eigenvalue weighted by Crippen LogP contribution is 2.31. The molecular weight excluding hydrogens is 342 g/mol. The van der Waals surface area contributed by atoms with Crippen LogP contribution in [0.4, 0.5) is 14.5 Å². The van der Waals surface area contributed by atoms with Crippen molar-refractivity contribution in [2.45, 2.75) is 11.8 Å². The van der Waals surface area contributed by atoms with Crippen LogP contribution in [-0.4, -0.2) is 25.2 Å². The lowest BCUT2D eigenvalue weighted by Gasteiger charge is -2.11. The molecule has 2 rings (SSSR count). The van der Waals surface area contributed by atoms with Crippen molar-refractivity contribution < 1.29 is 13.6 Å². The average Bonchev–Trinajstić information content (AvgIpc) is 2.62. The maximum atomic E-state index is 14.4. The Morgan fingerprint density at radius 3 is 2.60 bits per heavy atom. The molecule has 0 heterocycles. The standard InChI is InChI=1S/C19H18F2N2OS/c1-12(10-18(21)22-2)19(24)23-16-9-8-13(11-15(16)20)14-6-4-5-7-17(14)25-3/h4-11H,1-3H3,(H,23,24)/b12-10+,22-18?. The molecule has 0 spiro atoms. The molecule has 6 heteroatoms. The van der Waals surface area contributed by atoms with Gasteiger partial charge in [0.1, 0.15) is 5.82 Å². The predicted octanol–water partition coefficient (Wildman–Crippen LogP) is 5.10. The molecular formula is C19H18F2N2OS. The number of allylic oxidation sites excluding steroid dienone is 1. The summed E-state index contributed by atoms with van der Waals surface area (Å²) in [6, 6.07) is 12.3. The number of thioether (sulfide) groups is 1. The van der Waals surface area contributed by atoms with Crippen molar-refractivity contribution in [3.8, 4) is 11.1 Å². The molecule has 0 bridgehead atoms. The second-order valence-electron chi connectivity index (χ2n) is 5.22. The molecule has 0 unspecified atom stereocenters. The van der Waals surface area contributed by atoms with E-state index in [1.54, 1.807) is 17.8 Å². The van der Waals surface area contributed by atoms with E-state index in [2.05, 4.69) is 10.3 Å². The number of nitrogens with zero attached hydrogens (tertiary/aromatic N) is 1. The first-order chi connectivity index (χ1) is 12.0. The van der Waals surface area contributed by atoms with Gasteiger partial charge in [-0.15, -0.1) is 11.8 Å². The lowest BCUT2D eigenvalue weighted by Crippen LogP contribution is -2.14. The summed E-state index contributed by atoms with van der Waals surface area (Å²) in [5.74, 6) is -1.91. The van der Waals surface area contributed by atoms with E-state index < -0.39 is 17.7 Å². The maximum absolute atomic E-state index is 14.4. The van der Waals surface area contributed by atoms with Gasteiger partial charge in [-0.05, 0) is 42.5 Å². The number of benzene rings is 2. The van der Waals surface area contributed by atoms with Gasteiger partial charge in [0.15, 0.2) is 0 Å². The molecule has 130 valence electrons. The number of halogens is 2. The summed E-state index contributed by atoms with van der Waals surface area (Å²) in [5.41, 5.74) is 1.78. The zero-order valence-corrected chi connectivity index (χ0v) is 15.0. The van der Waals surface area contributed by atoms with Gasteiger partial charge in [0, 0.05) is 23.6 Å². The number of aliphatic imine (C=N–C) groups is 1. The Morgan fingerprint density at radius 2 is 1.96 bits per heavy atom. The lowest BCUT2D eigenvalue weighted by molar-refractivity contribution is -0.112. The Morgan fingerprint density at radius 1 is 1.24 bits per heavy atom. The van der Waals surface area contributed by atoms with E-state index in [0.29, 0.717) is 0 Å². The monoisotopic (exact) mass is 360 g/mol. The van der Waals surface area contributed by atoms with Gasteiger partial charge in [-0.3, -0.25) is 9.79 Å². The van der Waals surface area contributed by atoms with Crippen LogP contribution in [0.1, 0.15) is 6.92 Å². The zero-order chi connectivity index (χ0) is 18.4. The fraction of sp³-hybridized carbons (Fsp3) is 0.158. The SMILES string of the molecule is CN=C(F)/C=C(\C)C(=O)Nc1ccc(-c2ccccc2SC)cc1F. The normalized spacial score (nSPS) is 12.2. The highest BCUT2D eigenvalue weighted by atomic mass is 32.2. The zero-order valence-electron chi connectivity index (χ0n) is 14.1. The molecule has 2 aromatic rings. The van der Waals surface area contributed by atoms with Crippen LogP contribution in [-0.2, 0) is 4.79 Å². The van der Waals surface area contributed by atoms with Gasteiger partial charge in [0.05, 0.1) is 5.69 Å². The largest absolute Gasteiger partial charge is 0.320 e. The molecule has 25 heavy (non-hydrogen) atoms. The number of hydrogen-bond acceptors (Lipinski definition) is 3. The van der Waals surface area contributed by atoms with Crippen LogP contribution >= 0.6 is 11.8 Å². The van der Waals surface area contributed by atoms with Crippen molar-refractivity contribution in [2.75, 3.05) is 18.6 Å². The number of amides is 1. The molecule has 3 nitrogen and oxygen atoms in total. The topological polar surface area (TPSA) is 41.5 Å². The quantitative estimate of drug-likeness (QED) is 0.458. The molecule has 0 aliphatic rings. The molecule has 0 aliphatic heterocycles. The molecule has 0 saturated heterocycles. The van der Waals surface area contributed by atoms with Crippen LogP contribution in [0.2, 0.25) is 0 Å². The summed E-state index contributed by atoms with van der Waals surface area (Å²) in [6.45, 7) is 1.43. The molecule has 0 aromatic heterocycles. The number of carbonyl (C=O) groups excluding carboxylic acids is 1. The second kappa shape index (κ2) is 8.58. The predicted molar refractivity (Wildman–Crippen MR) is 100 cm³/mol. The van der Waals surface area contributed by atoms with E-state index in [0.717, 1.165) is 22.1 Å². The Kier molecular flexibility index (Phi) is 6.47. The van der Waals surface area contributed by atoms with Crippen LogP contribution in [0.25, 0.3) is 11.1 Å². The Labute approximate surface area is 149 Å². The number of anilines is 1. The van der Waals surface area contributed by atoms with E-state index in [1.165, 1.54) is 26.1 Å². The van der Waals surface area contributed by atoms with Gasteiger partial charge in [0.25, 0.3) is 5.91 Å². The first-order valence-electron chi connectivity index (χ1n) is 7.51. The van der Waals surface area contributed by atoms with Crippen molar-refractivity contribution in [1.29, 1.82) is 0 Å². The van der Waals surface area contributed by atoms with Crippen LogP contribution < -0.4 is 5.32 Å². The molecule has 0 atom stereocenters. The van der Waals surface area contributed by atoms with E-state index in [1.807, 2.05) is 30.5 Å². The fourth-order valence-electron chi connectivity index (χ4n) is 2.20. The van der Waals surface area contributed by atoms with E-state index in [4.69, 9.17) is 0 Å². The van der Waals surface area contributed by atoms with Gasteiger partial charge in [-0.1, -0.05) is 24.3 Å². The minimum absolute atomic E-state index is 0.0389. The lowest BCUT2D eigenvalue weighted by atomic mass is 10.0. The third-order valence-corrected chi connectivity index (χ3v) is 4.34. The molecule has 0 fully saturated rings. The van der Waals surface area contributed by atoms with E-state index >= 15 is 0 Å². The van der Waals surface area contributed by atoms with E-state index in [-0.39, 0.29) is 11.3 Å². The van der Waals surface area contributed by atoms with Crippen LogP contribution in [0, 0.1) is 5.82 Å². The summed E-state index contributed by atoms with van der Waals surface area (Å²) in [5, 5.41) is 2.44. The molecule has 0 radical (unpaired) electrons. The van der Waals surface area contributed by atoms with Crippen molar-refractivity contribution in [3.63, 3.8) is 0 Å². The van der Waals surface area contributed by atoms with Gasteiger partial charge in [-0.25, -0.2) is 4.39 Å². The van der Waals surface area contributed by atoms with Crippen molar-refractivity contribution in [1.82, 2.24) is 0 Å². The van der Waals surface area contributed by atoms with Crippen molar-refractivity contribution >= 4 is 29.3 Å². The minimum atomic E-state index is -0.767. The third kappa shape index (κ3) is 4.76. The summed E-state index contributed by atoms with van der Waals surface area (Å²) in [4.78, 5) is 16.3. The summed E-state index contributed by atoms with van der Waals surface area (Å²) < 4.78 is 27.5. The summed E-state index contributed by atoms with van der Waals surface area (Å²) in [6.07, 6.45) is 2.95. The molecule has 1 N–H and O–H groups in total. The fourth-order valence-corrected chi connectivity index (χ4v) is 2.82. The van der Waals surface area contributed by atoms with Gasteiger partial charge < -0.3 is 5.32 Å². The molecule has 0 aliphatic carbocycles. The highest BCUT2D eigenvalue weighted by molar-refractivity contribution is 7.98. The van der Waals surface area contributed by atoms with E-state index in [9.17, 15) is 13.6 Å². The summed E-state index contributed by atoms with van der Waals surface area (Å²) in [7, 11) is 1.28. The average molecular weight is 360 g/mol. The number of rotatable bonds is 5. The van der Waals surface area contributed by atoms with Crippen LogP contribution in [0.3, 0.4) is 0 Å². The Bertz CT molecular complexity index is 847. The third-order valence-electron chi connectivity index (χ3n) is 3.54. The van der Waals surface area contributed by atoms with Gasteiger partial charge in [-0.2, -0.15) is 4.39 Å².